The number of imide groups is 1. The second-order valence-corrected chi connectivity index (χ2v) is 8.43. The van der Waals surface area contributed by atoms with E-state index in [1.54, 1.807) is 7.11 Å². The van der Waals surface area contributed by atoms with Crippen molar-refractivity contribution in [3.8, 4) is 5.75 Å². The largest absolute Gasteiger partial charge is 0.497 e. The van der Waals surface area contributed by atoms with Crippen LogP contribution in [0.2, 0.25) is 0 Å². The van der Waals surface area contributed by atoms with Crippen LogP contribution in [0.3, 0.4) is 0 Å². The maximum Gasteiger partial charge on any atom is 0.268 e. The van der Waals surface area contributed by atoms with Crippen molar-refractivity contribution >= 4 is 40.5 Å². The number of hydrogen-bond acceptors (Lipinski definition) is 5. The minimum Gasteiger partial charge on any atom is -0.497 e. The van der Waals surface area contributed by atoms with E-state index in [4.69, 9.17) is 4.74 Å². The van der Waals surface area contributed by atoms with E-state index in [1.165, 1.54) is 28.0 Å². The van der Waals surface area contributed by atoms with Crippen molar-refractivity contribution in [2.75, 3.05) is 7.11 Å². The first-order valence-corrected chi connectivity index (χ1v) is 11.0. The molecule has 6 heteroatoms. The lowest BCUT2D eigenvalue weighted by molar-refractivity contribution is -0.137. The van der Waals surface area contributed by atoms with Gasteiger partial charge < -0.3 is 4.74 Å². The van der Waals surface area contributed by atoms with Crippen LogP contribution in [0.5, 0.6) is 5.75 Å². The fourth-order valence-corrected chi connectivity index (χ4v) is 5.02. The van der Waals surface area contributed by atoms with Crippen LogP contribution in [0.25, 0.3) is 5.57 Å². The summed E-state index contributed by atoms with van der Waals surface area (Å²) in [5, 5.41) is 1.92. The van der Waals surface area contributed by atoms with Gasteiger partial charge in [0.2, 0.25) is 0 Å². The van der Waals surface area contributed by atoms with Gasteiger partial charge >= 0.3 is 0 Å². The molecule has 3 aromatic rings. The number of benzene rings is 2. The molecular weight excluding hydrogens is 402 g/mol. The summed E-state index contributed by atoms with van der Waals surface area (Å²) in [7, 11) is 1.61. The molecule has 29 heavy (non-hydrogen) atoms. The number of carbonyl (C=O) groups excluding carboxylic acids is 2. The molecule has 0 saturated heterocycles. The molecule has 0 bridgehead atoms. The van der Waals surface area contributed by atoms with Gasteiger partial charge in [-0.1, -0.05) is 48.5 Å². The molecule has 0 spiro atoms. The average molecular weight is 422 g/mol. The molecule has 0 N–H and O–H groups in total. The quantitative estimate of drug-likeness (QED) is 0.505. The molecule has 0 atom stereocenters. The smallest absolute Gasteiger partial charge is 0.268 e. The number of thiophene rings is 1. The van der Waals surface area contributed by atoms with Gasteiger partial charge in [-0.2, -0.15) is 0 Å². The average Bonchev–Trinajstić information content (AvgIpc) is 3.36. The molecule has 0 fully saturated rings. The molecule has 0 aliphatic carbocycles. The maximum absolute atomic E-state index is 13.2. The number of carbonyl (C=O) groups is 2. The second kappa shape index (κ2) is 8.68. The molecule has 1 aliphatic rings. The minimum absolute atomic E-state index is 0.227. The van der Waals surface area contributed by atoms with Gasteiger partial charge in [0, 0.05) is 10.6 Å². The standard InChI is InChI=1S/C23H19NO3S2/c1-27-18-11-9-16(10-12-18)14-24-22(25)20(19-8-5-13-28-19)21(23(24)26)29-15-17-6-3-2-4-7-17/h2-13H,14-15H2,1H3. The molecule has 1 aliphatic heterocycles. The normalized spacial score (nSPS) is 14.0. The van der Waals surface area contributed by atoms with Crippen LogP contribution >= 0.6 is 23.1 Å². The summed E-state index contributed by atoms with van der Waals surface area (Å²) in [5.74, 6) is 0.920. The van der Waals surface area contributed by atoms with Crippen molar-refractivity contribution < 1.29 is 14.3 Å². The molecule has 4 nitrogen and oxygen atoms in total. The first-order valence-electron chi connectivity index (χ1n) is 9.11. The Hall–Kier alpha value is -2.83. The highest BCUT2D eigenvalue weighted by Gasteiger charge is 2.39. The Kier molecular flexibility index (Phi) is 5.83. The van der Waals surface area contributed by atoms with Gasteiger partial charge in [0.25, 0.3) is 11.8 Å². The predicted octanol–water partition coefficient (Wildman–Crippen LogP) is 4.97. The van der Waals surface area contributed by atoms with Crippen LogP contribution in [0.15, 0.2) is 77.0 Å². The molecule has 146 valence electrons. The van der Waals surface area contributed by atoms with E-state index in [2.05, 4.69) is 0 Å². The van der Waals surface area contributed by atoms with E-state index in [0.717, 1.165) is 21.8 Å². The SMILES string of the molecule is COc1ccc(CN2C(=O)C(SCc3ccccc3)=C(c3cccs3)C2=O)cc1. The van der Waals surface area contributed by atoms with Crippen molar-refractivity contribution in [2.24, 2.45) is 0 Å². The molecule has 4 rings (SSSR count). The number of rotatable bonds is 7. The van der Waals surface area contributed by atoms with E-state index in [-0.39, 0.29) is 18.4 Å². The van der Waals surface area contributed by atoms with Crippen molar-refractivity contribution in [3.05, 3.63) is 93.0 Å². The third-order valence-corrected chi connectivity index (χ3v) is 6.65. The van der Waals surface area contributed by atoms with Gasteiger partial charge in [-0.15, -0.1) is 23.1 Å². The summed E-state index contributed by atoms with van der Waals surface area (Å²) >= 11 is 2.91. The summed E-state index contributed by atoms with van der Waals surface area (Å²) in [6, 6.07) is 21.2. The fourth-order valence-electron chi connectivity index (χ4n) is 3.11. The van der Waals surface area contributed by atoms with Gasteiger partial charge in [0.05, 0.1) is 24.1 Å². The third kappa shape index (κ3) is 4.13. The van der Waals surface area contributed by atoms with Crippen molar-refractivity contribution in [1.29, 1.82) is 0 Å². The Labute approximate surface area is 177 Å². The summed E-state index contributed by atoms with van der Waals surface area (Å²) in [5.41, 5.74) is 2.51. The van der Waals surface area contributed by atoms with Crippen LogP contribution < -0.4 is 4.74 Å². The Bertz CT molecular complexity index is 1040. The topological polar surface area (TPSA) is 46.6 Å². The highest BCUT2D eigenvalue weighted by molar-refractivity contribution is 8.03. The zero-order valence-electron chi connectivity index (χ0n) is 15.8. The van der Waals surface area contributed by atoms with Crippen LogP contribution in [0, 0.1) is 0 Å². The summed E-state index contributed by atoms with van der Waals surface area (Å²) in [4.78, 5) is 29.0. The van der Waals surface area contributed by atoms with E-state index >= 15 is 0 Å². The Morgan fingerprint density at radius 2 is 1.66 bits per heavy atom. The molecule has 0 unspecified atom stereocenters. The highest BCUT2D eigenvalue weighted by Crippen LogP contribution is 2.39. The number of thioether (sulfide) groups is 1. The Balaban J connectivity index is 1.60. The first kappa shape index (κ1) is 19.5. The van der Waals surface area contributed by atoms with Crippen LogP contribution in [-0.4, -0.2) is 23.8 Å². The van der Waals surface area contributed by atoms with E-state index in [1.807, 2.05) is 72.1 Å². The fraction of sp³-hybridized carbons (Fsp3) is 0.130. The first-order chi connectivity index (χ1) is 14.2. The maximum atomic E-state index is 13.2. The lowest BCUT2D eigenvalue weighted by Crippen LogP contribution is -2.30. The monoisotopic (exact) mass is 421 g/mol. The van der Waals surface area contributed by atoms with Crippen LogP contribution in [-0.2, 0) is 21.9 Å². The zero-order chi connectivity index (χ0) is 20.2. The Morgan fingerprint density at radius 1 is 0.897 bits per heavy atom. The second-order valence-electron chi connectivity index (χ2n) is 6.50. The van der Waals surface area contributed by atoms with Crippen LogP contribution in [0.1, 0.15) is 16.0 Å². The minimum atomic E-state index is -0.233. The number of amides is 2. The van der Waals surface area contributed by atoms with E-state index in [9.17, 15) is 9.59 Å². The molecule has 0 radical (unpaired) electrons. The third-order valence-electron chi connectivity index (χ3n) is 4.62. The van der Waals surface area contributed by atoms with Gasteiger partial charge in [0.1, 0.15) is 5.75 Å². The summed E-state index contributed by atoms with van der Waals surface area (Å²) in [6.07, 6.45) is 0. The summed E-state index contributed by atoms with van der Waals surface area (Å²) < 4.78 is 5.18. The van der Waals surface area contributed by atoms with Gasteiger partial charge in [-0.05, 0) is 34.7 Å². The molecule has 1 aromatic heterocycles. The molecule has 0 saturated carbocycles. The zero-order valence-corrected chi connectivity index (χ0v) is 17.5. The number of methoxy groups -OCH3 is 1. The van der Waals surface area contributed by atoms with Gasteiger partial charge in [0.15, 0.2) is 0 Å². The van der Waals surface area contributed by atoms with E-state index < -0.39 is 0 Å². The highest BCUT2D eigenvalue weighted by atomic mass is 32.2. The summed E-state index contributed by atoms with van der Waals surface area (Å²) in [6.45, 7) is 0.242. The number of nitrogens with zero attached hydrogens (tertiary/aromatic N) is 1. The molecule has 2 heterocycles. The van der Waals surface area contributed by atoms with Crippen molar-refractivity contribution in [1.82, 2.24) is 4.90 Å². The Morgan fingerprint density at radius 3 is 2.31 bits per heavy atom. The molecule has 2 amide bonds. The van der Waals surface area contributed by atoms with Crippen molar-refractivity contribution in [3.63, 3.8) is 0 Å². The lowest BCUT2D eigenvalue weighted by Gasteiger charge is -2.15. The van der Waals surface area contributed by atoms with Crippen LogP contribution in [0.4, 0.5) is 0 Å². The van der Waals surface area contributed by atoms with Gasteiger partial charge in [-0.3, -0.25) is 14.5 Å². The van der Waals surface area contributed by atoms with E-state index in [0.29, 0.717) is 16.2 Å². The molecular formula is C23H19NO3S2. The lowest BCUT2D eigenvalue weighted by atomic mass is 10.2. The number of ether oxygens (including phenoxy) is 1. The predicted molar refractivity (Wildman–Crippen MR) is 118 cm³/mol. The molecule has 2 aromatic carbocycles. The van der Waals surface area contributed by atoms with Crippen molar-refractivity contribution in [2.45, 2.75) is 12.3 Å². The number of hydrogen-bond donors (Lipinski definition) is 0. The van der Waals surface area contributed by atoms with Gasteiger partial charge in [-0.25, -0.2) is 0 Å².